The Morgan fingerprint density at radius 1 is 1.21 bits per heavy atom. The molecule has 0 aliphatic heterocycles. The maximum Gasteiger partial charge on any atom is 0.125 e. The third-order valence-electron chi connectivity index (χ3n) is 1.85. The van der Waals surface area contributed by atoms with Crippen LogP contribution >= 0.6 is 0 Å². The Hall–Kier alpha value is -2.17. The lowest BCUT2D eigenvalue weighted by Gasteiger charge is -2.07. The highest BCUT2D eigenvalue weighted by Gasteiger charge is 2.00. The van der Waals surface area contributed by atoms with Crippen LogP contribution in [-0.2, 0) is 0 Å². The monoisotopic (exact) mass is 189 g/mol. The number of aromatic nitrogens is 2. The minimum atomic E-state index is 0.611. The Bertz CT molecular complexity index is 421. The van der Waals surface area contributed by atoms with Crippen LogP contribution < -0.4 is 16.8 Å². The quantitative estimate of drug-likeness (QED) is 0.536. The van der Waals surface area contributed by atoms with Crippen LogP contribution in [0, 0.1) is 0 Å². The number of nitrogens with one attached hydrogen (secondary N) is 2. The van der Waals surface area contributed by atoms with Crippen molar-refractivity contribution in [2.45, 2.75) is 0 Å². The number of nitrogens with zero attached hydrogens (tertiary/aromatic N) is 1. The number of nitrogen functional groups attached to an aromatic ring is 2. The molecule has 0 spiro atoms. The first-order valence-electron chi connectivity index (χ1n) is 4.17. The third-order valence-corrected chi connectivity index (χ3v) is 1.85. The van der Waals surface area contributed by atoms with E-state index in [1.165, 1.54) is 0 Å². The van der Waals surface area contributed by atoms with Crippen LogP contribution in [0.25, 0.3) is 0 Å². The van der Waals surface area contributed by atoms with E-state index in [4.69, 9.17) is 11.5 Å². The number of anilines is 4. The summed E-state index contributed by atoms with van der Waals surface area (Å²) in [4.78, 5) is 0. The summed E-state index contributed by atoms with van der Waals surface area (Å²) in [6.45, 7) is 0. The Labute approximate surface area is 81.1 Å². The molecule has 1 aromatic heterocycles. The van der Waals surface area contributed by atoms with Crippen LogP contribution in [0.1, 0.15) is 0 Å². The first-order chi connectivity index (χ1) is 6.75. The molecule has 2 aromatic rings. The van der Waals surface area contributed by atoms with Crippen LogP contribution in [0.15, 0.2) is 30.5 Å². The largest absolute Gasteiger partial charge is 0.399 e. The molecule has 5 heteroatoms. The third kappa shape index (κ3) is 1.61. The van der Waals surface area contributed by atoms with Crippen molar-refractivity contribution in [3.05, 3.63) is 30.5 Å². The number of benzene rings is 1. The minimum absolute atomic E-state index is 0.611. The van der Waals surface area contributed by atoms with E-state index in [2.05, 4.69) is 15.5 Å². The number of nitrogens with two attached hydrogens (primary N) is 2. The topological polar surface area (TPSA) is 92.7 Å². The second-order valence-electron chi connectivity index (χ2n) is 2.94. The standard InChI is InChI=1S/C9H11N5/c10-6-1-2-8(7(11)5-6)13-9-3-4-12-14-9/h1-5H,10-11H2,(H2,12,13,14). The van der Waals surface area contributed by atoms with E-state index in [0.29, 0.717) is 11.4 Å². The SMILES string of the molecule is Nc1ccc(Nc2ccn[nH]2)c(N)c1. The van der Waals surface area contributed by atoms with Crippen LogP contribution in [0.2, 0.25) is 0 Å². The lowest BCUT2D eigenvalue weighted by molar-refractivity contribution is 1.09. The first-order valence-corrected chi connectivity index (χ1v) is 4.17. The van der Waals surface area contributed by atoms with Crippen LogP contribution in [0.4, 0.5) is 22.9 Å². The summed E-state index contributed by atoms with van der Waals surface area (Å²) in [5.74, 6) is 0.793. The van der Waals surface area contributed by atoms with Gasteiger partial charge in [0.2, 0.25) is 0 Å². The average molecular weight is 189 g/mol. The first kappa shape index (κ1) is 8.43. The van der Waals surface area contributed by atoms with E-state index in [1.54, 1.807) is 18.3 Å². The molecule has 0 unspecified atom stereocenters. The van der Waals surface area contributed by atoms with Crippen molar-refractivity contribution >= 4 is 22.9 Å². The van der Waals surface area contributed by atoms with Crippen molar-refractivity contribution in [2.75, 3.05) is 16.8 Å². The average Bonchev–Trinajstić information content (AvgIpc) is 2.62. The Morgan fingerprint density at radius 2 is 2.07 bits per heavy atom. The molecule has 1 aromatic carbocycles. The van der Waals surface area contributed by atoms with Crippen LogP contribution in [0.3, 0.4) is 0 Å². The van der Waals surface area contributed by atoms with Crippen LogP contribution in [0.5, 0.6) is 0 Å². The second-order valence-corrected chi connectivity index (χ2v) is 2.94. The highest BCUT2D eigenvalue weighted by Crippen LogP contribution is 2.23. The van der Waals surface area contributed by atoms with Gasteiger partial charge in [-0.15, -0.1) is 0 Å². The van der Waals surface area contributed by atoms with E-state index < -0.39 is 0 Å². The predicted octanol–water partition coefficient (Wildman–Crippen LogP) is 1.32. The van der Waals surface area contributed by atoms with Gasteiger partial charge in [0.25, 0.3) is 0 Å². The number of aromatic amines is 1. The molecule has 0 amide bonds. The second kappa shape index (κ2) is 3.29. The molecule has 14 heavy (non-hydrogen) atoms. The van der Waals surface area contributed by atoms with E-state index in [9.17, 15) is 0 Å². The molecule has 1 heterocycles. The molecule has 0 aliphatic rings. The van der Waals surface area contributed by atoms with E-state index in [-0.39, 0.29) is 0 Å². The van der Waals surface area contributed by atoms with Crippen molar-refractivity contribution in [3.63, 3.8) is 0 Å². The number of rotatable bonds is 2. The normalized spacial score (nSPS) is 10.0. The summed E-state index contributed by atoms with van der Waals surface area (Å²) in [5.41, 5.74) is 13.4. The van der Waals surface area contributed by atoms with Gasteiger partial charge in [0.05, 0.1) is 17.6 Å². The highest BCUT2D eigenvalue weighted by molar-refractivity contribution is 5.74. The van der Waals surface area contributed by atoms with E-state index in [1.807, 2.05) is 12.1 Å². The fourth-order valence-corrected chi connectivity index (χ4v) is 1.17. The maximum atomic E-state index is 5.76. The molecule has 0 saturated carbocycles. The number of hydrogen-bond acceptors (Lipinski definition) is 4. The summed E-state index contributed by atoms with van der Waals surface area (Å²) < 4.78 is 0. The molecule has 2 rings (SSSR count). The van der Waals surface area contributed by atoms with Gasteiger partial charge in [0, 0.05) is 11.8 Å². The lowest BCUT2D eigenvalue weighted by atomic mass is 10.2. The summed E-state index contributed by atoms with van der Waals surface area (Å²) in [7, 11) is 0. The van der Waals surface area contributed by atoms with Gasteiger partial charge < -0.3 is 16.8 Å². The van der Waals surface area contributed by atoms with Gasteiger partial charge in [-0.1, -0.05) is 0 Å². The zero-order chi connectivity index (χ0) is 9.97. The summed E-state index contributed by atoms with van der Waals surface area (Å²) in [5, 5.41) is 9.67. The predicted molar refractivity (Wildman–Crippen MR) is 57.1 cm³/mol. The van der Waals surface area contributed by atoms with Crippen molar-refractivity contribution in [1.29, 1.82) is 0 Å². The molecular weight excluding hydrogens is 178 g/mol. The van der Waals surface area contributed by atoms with E-state index in [0.717, 1.165) is 11.5 Å². The minimum Gasteiger partial charge on any atom is -0.399 e. The zero-order valence-corrected chi connectivity index (χ0v) is 7.49. The number of H-pyrrole nitrogens is 1. The van der Waals surface area contributed by atoms with Gasteiger partial charge in [-0.3, -0.25) is 5.10 Å². The van der Waals surface area contributed by atoms with Gasteiger partial charge >= 0.3 is 0 Å². The van der Waals surface area contributed by atoms with Crippen molar-refractivity contribution < 1.29 is 0 Å². The van der Waals surface area contributed by atoms with Gasteiger partial charge in [-0.05, 0) is 18.2 Å². The van der Waals surface area contributed by atoms with Crippen molar-refractivity contribution in [2.24, 2.45) is 0 Å². The lowest BCUT2D eigenvalue weighted by Crippen LogP contribution is -1.97. The molecule has 0 aliphatic carbocycles. The number of hydrogen-bond donors (Lipinski definition) is 4. The van der Waals surface area contributed by atoms with Gasteiger partial charge in [-0.2, -0.15) is 5.10 Å². The molecule has 6 N–H and O–H groups in total. The molecule has 0 fully saturated rings. The molecule has 0 atom stereocenters. The molecule has 72 valence electrons. The van der Waals surface area contributed by atoms with Crippen LogP contribution in [-0.4, -0.2) is 10.2 Å². The summed E-state index contributed by atoms with van der Waals surface area (Å²) >= 11 is 0. The maximum absolute atomic E-state index is 5.76. The van der Waals surface area contributed by atoms with Gasteiger partial charge in [-0.25, -0.2) is 0 Å². The summed E-state index contributed by atoms with van der Waals surface area (Å²) in [6, 6.07) is 7.13. The Balaban J connectivity index is 2.25. The fraction of sp³-hybridized carbons (Fsp3) is 0. The Morgan fingerprint density at radius 3 is 2.71 bits per heavy atom. The van der Waals surface area contributed by atoms with Crippen molar-refractivity contribution in [3.8, 4) is 0 Å². The van der Waals surface area contributed by atoms with Gasteiger partial charge in [0.1, 0.15) is 5.82 Å². The molecule has 0 radical (unpaired) electrons. The molecule has 0 saturated heterocycles. The molecule has 5 nitrogen and oxygen atoms in total. The molecule has 0 bridgehead atoms. The molecular formula is C9H11N5. The van der Waals surface area contributed by atoms with Gasteiger partial charge in [0.15, 0.2) is 0 Å². The highest BCUT2D eigenvalue weighted by atomic mass is 15.2. The zero-order valence-electron chi connectivity index (χ0n) is 7.49. The smallest absolute Gasteiger partial charge is 0.125 e. The fourth-order valence-electron chi connectivity index (χ4n) is 1.17. The van der Waals surface area contributed by atoms with E-state index >= 15 is 0 Å². The Kier molecular flexibility index (Phi) is 1.98. The summed E-state index contributed by atoms with van der Waals surface area (Å²) in [6.07, 6.45) is 1.66. The van der Waals surface area contributed by atoms with Crippen molar-refractivity contribution in [1.82, 2.24) is 10.2 Å².